The predicted octanol–water partition coefficient (Wildman–Crippen LogP) is 3.18. The Kier molecular flexibility index (Phi) is 3.19. The fourth-order valence-electron chi connectivity index (χ4n) is 3.14. The van der Waals surface area contributed by atoms with Gasteiger partial charge in [0.1, 0.15) is 0 Å². The summed E-state index contributed by atoms with van der Waals surface area (Å²) in [5, 5.41) is 4.49. The molecule has 0 fully saturated rings. The lowest BCUT2D eigenvalue weighted by Gasteiger charge is -2.34. The Labute approximate surface area is 122 Å². The van der Waals surface area contributed by atoms with Crippen molar-refractivity contribution in [2.75, 3.05) is 19.8 Å². The number of rotatable bonds is 2. The first kappa shape index (κ1) is 12.1. The lowest BCUT2D eigenvalue weighted by atomic mass is 10.1. The maximum absolute atomic E-state index is 2.60. The SMILES string of the molecule is c1cc2c(s1)CCN(CN1CCc3sccc3C1)C2. The molecule has 4 heteroatoms. The Morgan fingerprint density at radius 3 is 1.89 bits per heavy atom. The van der Waals surface area contributed by atoms with Crippen molar-refractivity contribution in [3.63, 3.8) is 0 Å². The van der Waals surface area contributed by atoms with E-state index in [0.29, 0.717) is 0 Å². The average molecular weight is 290 g/mol. The lowest BCUT2D eigenvalue weighted by Crippen LogP contribution is -2.42. The second-order valence-electron chi connectivity index (χ2n) is 5.48. The van der Waals surface area contributed by atoms with Crippen LogP contribution < -0.4 is 0 Å². The quantitative estimate of drug-likeness (QED) is 0.838. The van der Waals surface area contributed by atoms with E-state index in [9.17, 15) is 0 Å². The molecule has 4 rings (SSSR count). The molecule has 2 nitrogen and oxygen atoms in total. The minimum absolute atomic E-state index is 1.13. The summed E-state index contributed by atoms with van der Waals surface area (Å²) in [4.78, 5) is 8.42. The molecule has 2 aromatic rings. The van der Waals surface area contributed by atoms with E-state index in [1.165, 1.54) is 25.9 Å². The van der Waals surface area contributed by atoms with Crippen LogP contribution >= 0.6 is 22.7 Å². The second-order valence-corrected chi connectivity index (χ2v) is 7.49. The van der Waals surface area contributed by atoms with Crippen LogP contribution in [0, 0.1) is 0 Å². The van der Waals surface area contributed by atoms with Crippen LogP contribution in [-0.2, 0) is 25.9 Å². The first-order valence-electron chi connectivity index (χ1n) is 6.94. The van der Waals surface area contributed by atoms with Gasteiger partial charge in [-0.15, -0.1) is 22.7 Å². The van der Waals surface area contributed by atoms with Crippen LogP contribution in [0.4, 0.5) is 0 Å². The van der Waals surface area contributed by atoms with Crippen LogP contribution in [0.15, 0.2) is 22.9 Å². The van der Waals surface area contributed by atoms with Gasteiger partial charge in [0, 0.05) is 35.9 Å². The molecule has 2 aliphatic rings. The molecular weight excluding hydrogens is 272 g/mol. The standard InChI is InChI=1S/C15H18N2S2/c1-5-16(9-12-3-7-18-14(1)12)11-17-6-2-15-13(10-17)4-8-19-15/h3-4,7-8H,1-2,5-6,9-11H2. The van der Waals surface area contributed by atoms with Crippen molar-refractivity contribution in [2.45, 2.75) is 25.9 Å². The van der Waals surface area contributed by atoms with Crippen molar-refractivity contribution in [2.24, 2.45) is 0 Å². The third-order valence-electron chi connectivity index (χ3n) is 4.17. The molecule has 0 bridgehead atoms. The number of hydrogen-bond acceptors (Lipinski definition) is 4. The molecule has 4 heterocycles. The third-order valence-corrected chi connectivity index (χ3v) is 6.22. The van der Waals surface area contributed by atoms with Gasteiger partial charge in [-0.05, 0) is 46.9 Å². The Morgan fingerprint density at radius 1 is 0.842 bits per heavy atom. The van der Waals surface area contributed by atoms with Crippen molar-refractivity contribution >= 4 is 22.7 Å². The highest BCUT2D eigenvalue weighted by Crippen LogP contribution is 2.26. The van der Waals surface area contributed by atoms with Crippen molar-refractivity contribution in [3.05, 3.63) is 43.8 Å². The number of hydrogen-bond donors (Lipinski definition) is 0. The molecule has 0 aliphatic carbocycles. The maximum Gasteiger partial charge on any atom is 0.0513 e. The number of thiophene rings is 2. The fourth-order valence-corrected chi connectivity index (χ4v) is 4.92. The van der Waals surface area contributed by atoms with Gasteiger partial charge in [-0.3, -0.25) is 9.80 Å². The zero-order chi connectivity index (χ0) is 12.7. The predicted molar refractivity (Wildman–Crippen MR) is 81.7 cm³/mol. The molecule has 0 saturated carbocycles. The average Bonchev–Trinajstić information content (AvgIpc) is 3.05. The third kappa shape index (κ3) is 2.38. The van der Waals surface area contributed by atoms with Gasteiger partial charge in [0.05, 0.1) is 6.67 Å². The summed E-state index contributed by atoms with van der Waals surface area (Å²) >= 11 is 3.85. The van der Waals surface area contributed by atoms with Crippen LogP contribution in [-0.4, -0.2) is 29.6 Å². The Morgan fingerprint density at radius 2 is 1.37 bits per heavy atom. The van der Waals surface area contributed by atoms with E-state index in [1.54, 1.807) is 20.9 Å². The molecule has 0 N–H and O–H groups in total. The second kappa shape index (κ2) is 5.02. The Bertz CT molecular complexity index is 522. The molecule has 2 aromatic heterocycles. The van der Waals surface area contributed by atoms with E-state index in [0.717, 1.165) is 19.8 Å². The van der Waals surface area contributed by atoms with Gasteiger partial charge in [0.25, 0.3) is 0 Å². The van der Waals surface area contributed by atoms with Crippen LogP contribution in [0.3, 0.4) is 0 Å². The summed E-state index contributed by atoms with van der Waals surface area (Å²) in [6.45, 7) is 5.86. The van der Waals surface area contributed by atoms with Gasteiger partial charge in [-0.1, -0.05) is 0 Å². The molecule has 100 valence electrons. The molecule has 2 aliphatic heterocycles. The largest absolute Gasteiger partial charge is 0.286 e. The molecule has 0 spiro atoms. The molecule has 19 heavy (non-hydrogen) atoms. The van der Waals surface area contributed by atoms with Gasteiger partial charge in [-0.25, -0.2) is 0 Å². The topological polar surface area (TPSA) is 6.48 Å². The van der Waals surface area contributed by atoms with E-state index in [-0.39, 0.29) is 0 Å². The molecular formula is C15H18N2S2. The van der Waals surface area contributed by atoms with E-state index in [4.69, 9.17) is 0 Å². The number of nitrogens with zero attached hydrogens (tertiary/aromatic N) is 2. The fraction of sp³-hybridized carbons (Fsp3) is 0.467. The van der Waals surface area contributed by atoms with Gasteiger partial charge >= 0.3 is 0 Å². The van der Waals surface area contributed by atoms with Crippen molar-refractivity contribution in [3.8, 4) is 0 Å². The van der Waals surface area contributed by atoms with Gasteiger partial charge in [0.2, 0.25) is 0 Å². The van der Waals surface area contributed by atoms with E-state index >= 15 is 0 Å². The molecule has 0 radical (unpaired) electrons. The van der Waals surface area contributed by atoms with Crippen LogP contribution in [0.1, 0.15) is 20.9 Å². The van der Waals surface area contributed by atoms with Gasteiger partial charge in [-0.2, -0.15) is 0 Å². The summed E-state index contributed by atoms with van der Waals surface area (Å²) < 4.78 is 0. The first-order valence-corrected chi connectivity index (χ1v) is 8.69. The molecule has 0 atom stereocenters. The first-order chi connectivity index (χ1) is 9.38. The maximum atomic E-state index is 2.60. The van der Waals surface area contributed by atoms with Gasteiger partial charge in [0.15, 0.2) is 0 Å². The summed E-state index contributed by atoms with van der Waals surface area (Å²) in [6, 6.07) is 4.61. The minimum Gasteiger partial charge on any atom is -0.286 e. The van der Waals surface area contributed by atoms with Crippen LogP contribution in [0.5, 0.6) is 0 Å². The van der Waals surface area contributed by atoms with Crippen molar-refractivity contribution in [1.82, 2.24) is 9.80 Å². The lowest BCUT2D eigenvalue weighted by molar-refractivity contribution is 0.111. The van der Waals surface area contributed by atoms with Crippen molar-refractivity contribution < 1.29 is 0 Å². The summed E-state index contributed by atoms with van der Waals surface area (Å²) in [6.07, 6.45) is 2.48. The summed E-state index contributed by atoms with van der Waals surface area (Å²) in [5.41, 5.74) is 3.12. The van der Waals surface area contributed by atoms with E-state index < -0.39 is 0 Å². The summed E-state index contributed by atoms with van der Waals surface area (Å²) in [5.74, 6) is 0. The normalized spacial score (nSPS) is 20.2. The molecule has 0 amide bonds. The zero-order valence-electron chi connectivity index (χ0n) is 11.0. The molecule has 0 saturated heterocycles. The van der Waals surface area contributed by atoms with E-state index in [1.807, 2.05) is 22.7 Å². The molecule has 0 unspecified atom stereocenters. The highest BCUT2D eigenvalue weighted by atomic mass is 32.1. The highest BCUT2D eigenvalue weighted by molar-refractivity contribution is 7.10. The Hall–Kier alpha value is -0.680. The minimum atomic E-state index is 1.13. The Balaban J connectivity index is 1.41. The zero-order valence-corrected chi connectivity index (χ0v) is 12.6. The smallest absolute Gasteiger partial charge is 0.0513 e. The monoisotopic (exact) mass is 290 g/mol. The molecule has 0 aromatic carbocycles. The highest BCUT2D eigenvalue weighted by Gasteiger charge is 2.22. The summed E-state index contributed by atoms with van der Waals surface area (Å²) in [7, 11) is 0. The van der Waals surface area contributed by atoms with Crippen molar-refractivity contribution in [1.29, 1.82) is 0 Å². The number of fused-ring (bicyclic) bond motifs is 2. The van der Waals surface area contributed by atoms with Crippen LogP contribution in [0.2, 0.25) is 0 Å². The van der Waals surface area contributed by atoms with E-state index in [2.05, 4.69) is 32.7 Å². The van der Waals surface area contributed by atoms with Gasteiger partial charge < -0.3 is 0 Å². The van der Waals surface area contributed by atoms with Crippen LogP contribution in [0.25, 0.3) is 0 Å².